The molecule has 1 amide bonds. The van der Waals surface area contributed by atoms with Crippen LogP contribution in [0.15, 0.2) is 53.8 Å². The summed E-state index contributed by atoms with van der Waals surface area (Å²) < 4.78 is 28.1. The zero-order chi connectivity index (χ0) is 28.1. The lowest BCUT2D eigenvalue weighted by Crippen LogP contribution is -2.47. The molecule has 0 spiro atoms. The van der Waals surface area contributed by atoms with Gasteiger partial charge in [0.05, 0.1) is 10.8 Å². The average molecular weight is 589 g/mol. The maximum absolute atomic E-state index is 13.8. The predicted molar refractivity (Wildman–Crippen MR) is 160 cm³/mol. The molecule has 4 heterocycles. The van der Waals surface area contributed by atoms with Gasteiger partial charge in [-0.25, -0.2) is 18.4 Å². The summed E-state index contributed by atoms with van der Waals surface area (Å²) in [4.78, 5) is 30.6. The number of pyridine rings is 2. The average Bonchev–Trinajstić information content (AvgIpc) is 3.63. The molecule has 7 rings (SSSR count). The Balaban J connectivity index is 1.14. The molecule has 3 aromatic heterocycles. The van der Waals surface area contributed by atoms with E-state index in [1.54, 1.807) is 22.6 Å². The van der Waals surface area contributed by atoms with Crippen LogP contribution >= 0.6 is 11.3 Å². The fraction of sp³-hybridized carbons (Fsp3) is 0.400. The molecule has 1 aromatic carbocycles. The Morgan fingerprint density at radius 3 is 2.54 bits per heavy atom. The van der Waals surface area contributed by atoms with Gasteiger partial charge < -0.3 is 10.2 Å². The van der Waals surface area contributed by atoms with Crippen LogP contribution in [0.5, 0.6) is 0 Å². The largest absolute Gasteiger partial charge is 0.304 e. The van der Waals surface area contributed by atoms with Gasteiger partial charge in [-0.3, -0.25) is 9.78 Å². The Morgan fingerprint density at radius 1 is 1.02 bits per heavy atom. The van der Waals surface area contributed by atoms with Crippen LogP contribution in [-0.2, 0) is 14.8 Å². The number of hydrogen-bond acceptors (Lipinski definition) is 8. The van der Waals surface area contributed by atoms with E-state index < -0.39 is 15.9 Å². The molecular formula is C30H32N6O3S2. The highest BCUT2D eigenvalue weighted by Gasteiger charge is 2.31. The maximum Gasteiger partial charge on any atom is 0.243 e. The molecule has 2 aliphatic carbocycles. The number of nitrogens with one attached hydrogen (secondary N) is 1. The number of thiazole rings is 1. The molecule has 1 atom stereocenters. The minimum Gasteiger partial charge on any atom is -0.304 e. The highest BCUT2D eigenvalue weighted by molar-refractivity contribution is 7.89. The molecule has 1 N–H and O–H groups in total. The van der Waals surface area contributed by atoms with Gasteiger partial charge in [-0.1, -0.05) is 49.2 Å². The molecule has 2 fully saturated rings. The number of fused-ring (bicyclic) bond motifs is 6. The van der Waals surface area contributed by atoms with Crippen LogP contribution in [0, 0.1) is 5.92 Å². The number of rotatable bonds is 7. The number of anilines is 1. The van der Waals surface area contributed by atoms with Gasteiger partial charge >= 0.3 is 0 Å². The topological polar surface area (TPSA) is 108 Å². The van der Waals surface area contributed by atoms with Crippen molar-refractivity contribution in [1.29, 1.82) is 0 Å². The number of carbonyl (C=O) groups is 1. The van der Waals surface area contributed by atoms with E-state index in [2.05, 4.69) is 20.2 Å². The molecule has 9 nitrogen and oxygen atoms in total. The van der Waals surface area contributed by atoms with E-state index in [9.17, 15) is 13.2 Å². The number of carbonyl (C=O) groups excluding carboxylic acids is 1. The van der Waals surface area contributed by atoms with Gasteiger partial charge in [0.2, 0.25) is 15.9 Å². The number of benzene rings is 1. The van der Waals surface area contributed by atoms with Gasteiger partial charge in [0.25, 0.3) is 0 Å². The van der Waals surface area contributed by atoms with Crippen LogP contribution in [0.1, 0.15) is 43.6 Å². The van der Waals surface area contributed by atoms with Crippen LogP contribution in [0.3, 0.4) is 0 Å². The predicted octanol–water partition coefficient (Wildman–Crippen LogP) is 4.97. The summed E-state index contributed by atoms with van der Waals surface area (Å²) in [6.45, 7) is 2.40. The third-order valence-electron chi connectivity index (χ3n) is 8.78. The quantitative estimate of drug-likeness (QED) is 0.286. The molecule has 0 radical (unpaired) electrons. The molecule has 41 heavy (non-hydrogen) atoms. The summed E-state index contributed by atoms with van der Waals surface area (Å²) in [7, 11) is -1.57. The molecule has 0 bridgehead atoms. The van der Waals surface area contributed by atoms with Crippen LogP contribution in [0.4, 0.5) is 5.13 Å². The SMILES string of the molecule is CN1CCN(S(=O)(=O)c2ccc([C@@H](CC3CCCC3)C(=O)Nc3nc4c5c(cnc4s3)-c3cnccc3-5)cc2)CC1. The van der Waals surface area contributed by atoms with Gasteiger partial charge in [-0.2, -0.15) is 4.31 Å². The summed E-state index contributed by atoms with van der Waals surface area (Å²) in [5, 5.41) is 3.61. The van der Waals surface area contributed by atoms with Crippen LogP contribution in [-0.4, -0.2) is 71.7 Å². The second kappa shape index (κ2) is 10.5. The highest BCUT2D eigenvalue weighted by Crippen LogP contribution is 2.50. The Morgan fingerprint density at radius 2 is 1.78 bits per heavy atom. The number of piperazine rings is 1. The first-order valence-electron chi connectivity index (χ1n) is 14.2. The van der Waals surface area contributed by atoms with Crippen LogP contribution in [0.25, 0.3) is 32.6 Å². The number of aromatic nitrogens is 3. The summed E-state index contributed by atoms with van der Waals surface area (Å²) in [6.07, 6.45) is 10.8. The first-order chi connectivity index (χ1) is 19.9. The fourth-order valence-corrected chi connectivity index (χ4v) is 8.63. The van der Waals surface area contributed by atoms with E-state index in [0.29, 0.717) is 24.1 Å². The highest BCUT2D eigenvalue weighted by atomic mass is 32.2. The Labute approximate surface area is 243 Å². The lowest BCUT2D eigenvalue weighted by atomic mass is 9.83. The number of sulfonamides is 1. The third kappa shape index (κ3) is 4.84. The van der Waals surface area contributed by atoms with Crippen LogP contribution in [0.2, 0.25) is 0 Å². The molecule has 1 saturated heterocycles. The van der Waals surface area contributed by atoms with Crippen molar-refractivity contribution in [2.24, 2.45) is 5.92 Å². The van der Waals surface area contributed by atoms with E-state index in [1.165, 1.54) is 24.2 Å². The van der Waals surface area contributed by atoms with Crippen molar-refractivity contribution in [2.75, 3.05) is 38.5 Å². The molecular weight excluding hydrogens is 557 g/mol. The summed E-state index contributed by atoms with van der Waals surface area (Å²) in [6, 6.07) is 8.93. The number of nitrogens with zero attached hydrogens (tertiary/aromatic N) is 5. The van der Waals surface area contributed by atoms with E-state index in [4.69, 9.17) is 4.98 Å². The van der Waals surface area contributed by atoms with Gasteiger partial charge in [0, 0.05) is 61.5 Å². The molecule has 1 saturated carbocycles. The molecule has 212 valence electrons. The normalized spacial score (nSPS) is 18.6. The molecule has 11 heteroatoms. The van der Waals surface area contributed by atoms with E-state index >= 15 is 0 Å². The van der Waals surface area contributed by atoms with Gasteiger partial charge in [0.1, 0.15) is 10.3 Å². The second-order valence-corrected chi connectivity index (χ2v) is 14.3. The van der Waals surface area contributed by atoms with Crippen molar-refractivity contribution < 1.29 is 13.2 Å². The smallest absolute Gasteiger partial charge is 0.243 e. The summed E-state index contributed by atoms with van der Waals surface area (Å²) in [5.41, 5.74) is 5.91. The van der Waals surface area contributed by atoms with Crippen molar-refractivity contribution in [3.63, 3.8) is 0 Å². The van der Waals surface area contributed by atoms with Crippen LogP contribution < -0.4 is 5.32 Å². The zero-order valence-corrected chi connectivity index (χ0v) is 24.5. The van der Waals surface area contributed by atoms with Gasteiger partial charge in [-0.15, -0.1) is 0 Å². The lowest BCUT2D eigenvalue weighted by Gasteiger charge is -2.31. The minimum atomic E-state index is -3.57. The third-order valence-corrected chi connectivity index (χ3v) is 11.6. The summed E-state index contributed by atoms with van der Waals surface area (Å²) in [5.74, 6) is -0.0383. The fourth-order valence-electron chi connectivity index (χ4n) is 6.39. The summed E-state index contributed by atoms with van der Waals surface area (Å²) >= 11 is 1.38. The monoisotopic (exact) mass is 588 g/mol. The molecule has 3 aliphatic rings. The zero-order valence-electron chi connectivity index (χ0n) is 22.9. The number of amides is 1. The molecule has 4 aromatic rings. The van der Waals surface area contributed by atoms with Gasteiger partial charge in [0.15, 0.2) is 5.13 Å². The van der Waals surface area contributed by atoms with E-state index in [-0.39, 0.29) is 10.8 Å². The van der Waals surface area contributed by atoms with E-state index in [1.807, 2.05) is 37.6 Å². The Bertz CT molecular complexity index is 1720. The Kier molecular flexibility index (Phi) is 6.85. The number of likely N-dealkylation sites (N-methyl/N-ethyl adjacent to an activating group) is 1. The molecule has 0 unspecified atom stereocenters. The Hall–Kier alpha value is -3.25. The van der Waals surface area contributed by atoms with E-state index in [0.717, 1.165) is 70.5 Å². The van der Waals surface area contributed by atoms with Crippen molar-refractivity contribution in [1.82, 2.24) is 24.2 Å². The van der Waals surface area contributed by atoms with Crippen molar-refractivity contribution in [2.45, 2.75) is 42.9 Å². The first-order valence-corrected chi connectivity index (χ1v) is 16.5. The number of hydrogen-bond donors (Lipinski definition) is 1. The molecule has 1 aliphatic heterocycles. The lowest BCUT2D eigenvalue weighted by molar-refractivity contribution is -0.118. The second-order valence-electron chi connectivity index (χ2n) is 11.3. The van der Waals surface area contributed by atoms with Crippen molar-refractivity contribution >= 4 is 42.7 Å². The van der Waals surface area contributed by atoms with Crippen molar-refractivity contribution in [3.05, 3.63) is 54.5 Å². The first kappa shape index (κ1) is 26.6. The van der Waals surface area contributed by atoms with Gasteiger partial charge in [-0.05, 0) is 48.7 Å². The van der Waals surface area contributed by atoms with Crippen molar-refractivity contribution in [3.8, 4) is 22.3 Å². The standard InChI is InChI=1S/C30H32N6O3S2/c1-35-12-14-36(15-13-35)41(38,39)21-8-6-20(7-9-21)23(16-19-4-2-3-5-19)28(37)34-30-33-27-26-22-10-11-31-17-24(22)25(26)18-32-29(27)40-30/h6-11,17-19,23H,2-5,12-16H2,1H3,(H,33,34,37)/t23-/m1/s1. The maximum atomic E-state index is 13.8. The minimum absolute atomic E-state index is 0.117.